The summed E-state index contributed by atoms with van der Waals surface area (Å²) in [5, 5.41) is 9.89. The van der Waals surface area contributed by atoms with E-state index in [4.69, 9.17) is 10.5 Å². The van der Waals surface area contributed by atoms with Gasteiger partial charge in [0, 0.05) is 6.42 Å². The zero-order valence-corrected chi connectivity index (χ0v) is 18.0. The number of nitrogens with two attached hydrogens (primary N) is 1. The smallest absolute Gasteiger partial charge is 0.790 e. The first kappa shape index (κ1) is 22.4. The summed E-state index contributed by atoms with van der Waals surface area (Å²) in [4.78, 5) is 32.9. The van der Waals surface area contributed by atoms with Gasteiger partial charge in [0.1, 0.15) is 24.2 Å². The Morgan fingerprint density at radius 3 is 2.79 bits per heavy atom. The van der Waals surface area contributed by atoms with E-state index < -0.39 is 32.9 Å². The van der Waals surface area contributed by atoms with Crippen molar-refractivity contribution >= 4 is 24.8 Å². The van der Waals surface area contributed by atoms with Crippen molar-refractivity contribution in [3.8, 4) is 0 Å². The average Bonchev–Trinajstić information content (AvgIpc) is 3.00. The number of aliphatic hydroxyl groups is 1. The molecule has 1 aliphatic rings. The van der Waals surface area contributed by atoms with Crippen molar-refractivity contribution < 1.29 is 87.8 Å². The van der Waals surface area contributed by atoms with Gasteiger partial charge in [-0.1, -0.05) is 0 Å². The van der Waals surface area contributed by atoms with Crippen LogP contribution in [0.5, 0.6) is 0 Å². The fourth-order valence-electron chi connectivity index (χ4n) is 2.28. The van der Waals surface area contributed by atoms with Crippen molar-refractivity contribution in [3.05, 3.63) is 12.7 Å². The van der Waals surface area contributed by atoms with E-state index in [1.54, 1.807) is 4.57 Å². The molecule has 1 aliphatic heterocycles. The number of phosphoric acid groups is 1. The molecule has 120 valence electrons. The van der Waals surface area contributed by atoms with Crippen LogP contribution >= 0.6 is 7.82 Å². The predicted molar refractivity (Wildman–Crippen MR) is 67.8 cm³/mol. The van der Waals surface area contributed by atoms with Crippen molar-refractivity contribution in [2.24, 2.45) is 0 Å². The second-order valence-electron chi connectivity index (χ2n) is 4.76. The molecular weight excluding hydrogens is 378 g/mol. The number of hydrogen-bond donors (Lipinski definition) is 2. The van der Waals surface area contributed by atoms with Gasteiger partial charge in [-0.2, -0.15) is 0 Å². The van der Waals surface area contributed by atoms with E-state index in [0.29, 0.717) is 11.2 Å². The minimum absolute atomic E-state index is 0. The van der Waals surface area contributed by atoms with Gasteiger partial charge in [0.2, 0.25) is 0 Å². The van der Waals surface area contributed by atoms with Crippen LogP contribution in [-0.4, -0.2) is 43.4 Å². The minimum Gasteiger partial charge on any atom is -0.790 e. The second-order valence-corrected chi connectivity index (χ2v) is 5.91. The molecule has 0 unspecified atom stereocenters. The number of hydrogen-bond acceptors (Lipinski definition) is 10. The molecule has 0 aromatic carbocycles. The Kier molecular flexibility index (Phi) is 8.27. The van der Waals surface area contributed by atoms with Crippen molar-refractivity contribution in [1.29, 1.82) is 0 Å². The third-order valence-corrected chi connectivity index (χ3v) is 3.76. The van der Waals surface area contributed by atoms with E-state index in [0.717, 1.165) is 0 Å². The van der Waals surface area contributed by atoms with Crippen molar-refractivity contribution in [2.75, 3.05) is 12.3 Å². The van der Waals surface area contributed by atoms with Crippen LogP contribution in [-0.2, 0) is 13.8 Å². The van der Waals surface area contributed by atoms with Crippen LogP contribution in [0.1, 0.15) is 12.6 Å². The third kappa shape index (κ3) is 4.97. The summed E-state index contributed by atoms with van der Waals surface area (Å²) in [6, 6.07) is 0. The molecular formula is C10H12N5Na2O6P. The van der Waals surface area contributed by atoms with Gasteiger partial charge >= 0.3 is 59.1 Å². The SMILES string of the molecule is [15NH2][13c]1[15n][13cH][15n][13c]2[13c]1[15n][13cH][15n]2[13C@H]1[13CH2][13C@H](O)[13C@@H]([13CH2]OP(=O)([O-])[O-])O1.[Na+].[Na+]. The molecule has 0 bridgehead atoms. The normalized spacial score (nSPS) is 23.7. The summed E-state index contributed by atoms with van der Waals surface area (Å²) in [7, 11) is -5.12. The maximum Gasteiger partial charge on any atom is 1.00 e. The van der Waals surface area contributed by atoms with Gasteiger partial charge in [-0.3, -0.25) is 4.57 Å². The number of nitrogens with zero attached hydrogens (tertiary/aromatic N) is 4. The molecule has 3 rings (SSSR count). The van der Waals surface area contributed by atoms with E-state index in [1.165, 1.54) is 12.7 Å². The summed E-state index contributed by atoms with van der Waals surface area (Å²) in [6.07, 6.45) is 0.285. The van der Waals surface area contributed by atoms with Crippen LogP contribution in [0.4, 0.5) is 5.82 Å². The summed E-state index contributed by atoms with van der Waals surface area (Å²) in [5.41, 5.74) is 6.49. The molecule has 11 nitrogen and oxygen atoms in total. The summed E-state index contributed by atoms with van der Waals surface area (Å²) >= 11 is 0. The Labute approximate surface area is 180 Å². The molecule has 2 aromatic rings. The van der Waals surface area contributed by atoms with E-state index in [9.17, 15) is 19.5 Å². The number of ether oxygens (including phenoxy) is 1. The first-order chi connectivity index (χ1) is 10.3. The molecule has 3 N–H and O–H groups in total. The number of aromatic nitrogens is 4. The van der Waals surface area contributed by atoms with E-state index in [1.807, 2.05) is 0 Å². The molecule has 3 atom stereocenters. The van der Waals surface area contributed by atoms with E-state index in [2.05, 4.69) is 19.5 Å². The first-order valence-corrected chi connectivity index (χ1v) is 7.74. The van der Waals surface area contributed by atoms with Gasteiger partial charge in [0.15, 0.2) is 11.5 Å². The molecule has 0 aliphatic carbocycles. The van der Waals surface area contributed by atoms with Gasteiger partial charge in [-0.15, -0.1) is 0 Å². The van der Waals surface area contributed by atoms with Gasteiger partial charge in [0.25, 0.3) is 0 Å². The number of rotatable bonds is 4. The Morgan fingerprint density at radius 2 is 2.12 bits per heavy atom. The molecule has 0 saturated carbocycles. The molecule has 3 heterocycles. The Morgan fingerprint density at radius 1 is 1.42 bits per heavy atom. The summed E-state index contributed by atoms with van der Waals surface area (Å²) in [5.74, 6) is 0.209. The topological polar surface area (TPSA) is 172 Å². The molecule has 24 heavy (non-hydrogen) atoms. The van der Waals surface area contributed by atoms with Gasteiger partial charge in [-0.05, 0) is 0 Å². The average molecular weight is 390 g/mol. The summed E-state index contributed by atoms with van der Waals surface area (Å²) < 4.78 is 21.7. The monoisotopic (exact) mass is 390 g/mol. The van der Waals surface area contributed by atoms with E-state index >= 15 is 0 Å². The molecule has 0 spiro atoms. The van der Waals surface area contributed by atoms with Crippen LogP contribution in [0.25, 0.3) is 11.2 Å². The van der Waals surface area contributed by atoms with Crippen molar-refractivity contribution in [1.82, 2.24) is 19.5 Å². The Balaban J connectivity index is 0.00000144. The van der Waals surface area contributed by atoms with Crippen LogP contribution in [0.2, 0.25) is 0 Å². The number of phosphoric ester groups is 1. The maximum absolute atomic E-state index is 10.5. The summed E-state index contributed by atoms with van der Waals surface area (Å²) in [6.45, 7) is -0.550. The van der Waals surface area contributed by atoms with Gasteiger partial charge < -0.3 is 34.5 Å². The molecule has 0 amide bonds. The number of imidazole rings is 1. The fraction of sp³-hybridized carbons (Fsp3) is 0.500. The number of aliphatic hydroxyl groups excluding tert-OH is 1. The zero-order valence-electron chi connectivity index (χ0n) is 13.1. The molecule has 0 radical (unpaired) electrons. The first-order valence-electron chi connectivity index (χ1n) is 6.28. The predicted octanol–water partition coefficient (Wildman–Crippen LogP) is -8.09. The number of fused-ring (bicyclic) bond motifs is 1. The quantitative estimate of drug-likeness (QED) is 0.221. The molecule has 14 heteroatoms. The second kappa shape index (κ2) is 8.85. The van der Waals surface area contributed by atoms with Gasteiger partial charge in [-0.25, -0.2) is 15.0 Å². The Hall–Kier alpha value is 0.380. The minimum atomic E-state index is -5.12. The maximum atomic E-state index is 10.5. The molecule has 2 aromatic heterocycles. The standard InChI is InChI=1S/C10H14N5O6P.2Na/c11-9-8-10(13-3-12-9)15(4-14-8)7-1-5(16)6(21-7)2-20-22(17,18)19;;/h3-7,16H,1-2H2,(H2,11,12,13)(H2,17,18,19);;/q;2*+1/p-2/t5-,6+,7+;;/m0../s1/i1+1,2+1,3+1,4+1,5+1,6+1,7+1,8+1,9+1,10+1,11+1,12+1,13+1,14+1,15+1;;. The third-order valence-electron chi connectivity index (χ3n) is 3.30. The van der Waals surface area contributed by atoms with Gasteiger partial charge in [0.05, 0.1) is 26.9 Å². The Bertz CT molecular complexity index is 742. The molecule has 1 fully saturated rings. The molecule has 1 saturated heterocycles. The zero-order chi connectivity index (χ0) is 15.9. The number of anilines is 1. The van der Waals surface area contributed by atoms with Crippen LogP contribution in [0.3, 0.4) is 0 Å². The fourth-order valence-corrected chi connectivity index (χ4v) is 2.61. The van der Waals surface area contributed by atoms with E-state index in [-0.39, 0.29) is 71.4 Å². The number of nitrogen functional groups attached to an aromatic ring is 1. The van der Waals surface area contributed by atoms with Crippen LogP contribution in [0, 0.1) is 0 Å². The van der Waals surface area contributed by atoms with Crippen molar-refractivity contribution in [3.63, 3.8) is 0 Å². The largest absolute Gasteiger partial charge is 1.00 e. The van der Waals surface area contributed by atoms with Crippen LogP contribution < -0.4 is 74.6 Å². The van der Waals surface area contributed by atoms with Crippen molar-refractivity contribution in [2.45, 2.75) is 24.9 Å². The van der Waals surface area contributed by atoms with Crippen LogP contribution in [0.15, 0.2) is 12.7 Å².